The summed E-state index contributed by atoms with van der Waals surface area (Å²) >= 11 is 1.10. The highest BCUT2D eigenvalue weighted by molar-refractivity contribution is 8.15. The van der Waals surface area contributed by atoms with Crippen LogP contribution in [0.15, 0.2) is 60.7 Å². The third-order valence-corrected chi connectivity index (χ3v) is 7.69. The van der Waals surface area contributed by atoms with Crippen molar-refractivity contribution in [3.63, 3.8) is 0 Å². The number of carbonyl (C=O) groups is 2. The van der Waals surface area contributed by atoms with Crippen LogP contribution < -0.4 is 9.64 Å². The van der Waals surface area contributed by atoms with E-state index in [0.29, 0.717) is 5.75 Å². The number of methoxy groups -OCH3 is 1. The molecule has 0 aliphatic carbocycles. The van der Waals surface area contributed by atoms with Gasteiger partial charge in [0.15, 0.2) is 4.75 Å². The lowest BCUT2D eigenvalue weighted by atomic mass is 9.86. The van der Waals surface area contributed by atoms with Crippen molar-refractivity contribution in [2.45, 2.75) is 23.6 Å². The molecule has 7 heteroatoms. The smallest absolute Gasteiger partial charge is 0.289 e. The predicted molar refractivity (Wildman–Crippen MR) is 123 cm³/mol. The topological polar surface area (TPSA) is 62.7 Å². The van der Waals surface area contributed by atoms with Crippen molar-refractivity contribution < 1.29 is 14.3 Å². The van der Waals surface area contributed by atoms with Crippen LogP contribution in [0, 0.1) is 0 Å². The maximum absolute atomic E-state index is 13.7. The van der Waals surface area contributed by atoms with Crippen LogP contribution in [-0.4, -0.2) is 47.8 Å². The highest BCUT2D eigenvalue weighted by atomic mass is 32.2. The van der Waals surface area contributed by atoms with E-state index in [0.717, 1.165) is 53.4 Å². The second kappa shape index (κ2) is 7.57. The fourth-order valence-electron chi connectivity index (χ4n) is 4.77. The minimum Gasteiger partial charge on any atom is -0.496 e. The highest BCUT2D eigenvalue weighted by Gasteiger charge is 2.61. The lowest BCUT2D eigenvalue weighted by Crippen LogP contribution is -2.51. The van der Waals surface area contributed by atoms with Gasteiger partial charge in [-0.2, -0.15) is 0 Å². The van der Waals surface area contributed by atoms with E-state index >= 15 is 0 Å². The zero-order valence-electron chi connectivity index (χ0n) is 17.4. The number of hydrogen-bond acceptors (Lipinski definition) is 6. The number of imide groups is 1. The van der Waals surface area contributed by atoms with Gasteiger partial charge in [-0.15, -0.1) is 0 Å². The summed E-state index contributed by atoms with van der Waals surface area (Å²) in [6.07, 6.45) is 1.70. The summed E-state index contributed by atoms with van der Waals surface area (Å²) in [5, 5.41) is 0.830. The molecule has 2 aromatic carbocycles. The number of nitrogens with zero attached hydrogens (tertiary/aromatic N) is 3. The van der Waals surface area contributed by atoms with E-state index in [4.69, 9.17) is 9.72 Å². The van der Waals surface area contributed by atoms with Crippen LogP contribution in [-0.2, 0) is 9.54 Å². The van der Waals surface area contributed by atoms with E-state index in [1.165, 1.54) is 4.90 Å². The second-order valence-electron chi connectivity index (χ2n) is 7.88. The number of para-hydroxylation sites is 2. The number of thioether (sulfide) groups is 1. The van der Waals surface area contributed by atoms with Crippen LogP contribution in [0.3, 0.4) is 0 Å². The molecule has 2 aliphatic heterocycles. The Labute approximate surface area is 185 Å². The third-order valence-electron chi connectivity index (χ3n) is 6.25. The van der Waals surface area contributed by atoms with Crippen molar-refractivity contribution in [1.82, 2.24) is 9.88 Å². The second-order valence-corrected chi connectivity index (χ2v) is 9.08. The molecule has 2 aliphatic rings. The normalized spacial score (nSPS) is 23.7. The molecule has 0 N–H and O–H groups in total. The number of anilines is 1. The molecule has 31 heavy (non-hydrogen) atoms. The highest BCUT2D eigenvalue weighted by Crippen LogP contribution is 2.54. The first kappa shape index (κ1) is 19.9. The monoisotopic (exact) mass is 433 g/mol. The van der Waals surface area contributed by atoms with Crippen molar-refractivity contribution in [2.75, 3.05) is 25.6 Å². The van der Waals surface area contributed by atoms with Crippen LogP contribution >= 0.6 is 11.8 Å². The van der Waals surface area contributed by atoms with Crippen molar-refractivity contribution >= 4 is 39.6 Å². The zero-order valence-corrected chi connectivity index (χ0v) is 18.3. The molecule has 3 aromatic rings. The summed E-state index contributed by atoms with van der Waals surface area (Å²) in [6.45, 7) is 0.776. The Morgan fingerprint density at radius 1 is 1.06 bits per heavy atom. The van der Waals surface area contributed by atoms with Gasteiger partial charge in [-0.1, -0.05) is 36.4 Å². The van der Waals surface area contributed by atoms with E-state index in [9.17, 15) is 9.59 Å². The van der Waals surface area contributed by atoms with E-state index < -0.39 is 4.75 Å². The fourth-order valence-corrected chi connectivity index (χ4v) is 6.15. The number of hydrogen-bond donors (Lipinski definition) is 0. The fraction of sp³-hybridized carbons (Fsp3) is 0.292. The maximum atomic E-state index is 13.7. The van der Waals surface area contributed by atoms with Crippen LogP contribution in [0.4, 0.5) is 10.6 Å². The molecule has 2 fully saturated rings. The van der Waals surface area contributed by atoms with Crippen molar-refractivity contribution in [1.29, 1.82) is 0 Å². The molecule has 3 heterocycles. The van der Waals surface area contributed by atoms with Gasteiger partial charge >= 0.3 is 0 Å². The van der Waals surface area contributed by atoms with Gasteiger partial charge in [-0.25, -0.2) is 4.98 Å². The summed E-state index contributed by atoms with van der Waals surface area (Å²) in [5.74, 6) is 1.24. The van der Waals surface area contributed by atoms with Crippen LogP contribution in [0.25, 0.3) is 10.9 Å². The number of aromatic nitrogens is 1. The van der Waals surface area contributed by atoms with E-state index in [1.54, 1.807) is 14.2 Å². The summed E-state index contributed by atoms with van der Waals surface area (Å²) < 4.78 is 4.55. The molecular formula is C24H23N3O3S. The number of amides is 2. The molecule has 5 rings (SSSR count). The molecule has 1 unspecified atom stereocenters. The first-order chi connectivity index (χ1) is 15.1. The Hall–Kier alpha value is -3.06. The van der Waals surface area contributed by atoms with Crippen molar-refractivity contribution in [3.05, 3.63) is 66.2 Å². The molecule has 2 saturated heterocycles. The first-order valence-electron chi connectivity index (χ1n) is 10.3. The largest absolute Gasteiger partial charge is 0.496 e. The molecule has 1 aromatic heterocycles. The molecule has 6 nitrogen and oxygen atoms in total. The molecule has 0 saturated carbocycles. The molecule has 0 bridgehead atoms. The Kier molecular flexibility index (Phi) is 4.85. The summed E-state index contributed by atoms with van der Waals surface area (Å²) in [5.41, 5.74) is 1.65. The average molecular weight is 434 g/mol. The first-order valence-corrected chi connectivity index (χ1v) is 11.1. The summed E-state index contributed by atoms with van der Waals surface area (Å²) in [4.78, 5) is 34.7. The number of fused-ring (bicyclic) bond motifs is 1. The number of pyridine rings is 1. The minimum absolute atomic E-state index is 0.204. The van der Waals surface area contributed by atoms with E-state index in [2.05, 4.69) is 11.0 Å². The summed E-state index contributed by atoms with van der Waals surface area (Å²) in [6, 6.07) is 19.4. The number of carbonyl (C=O) groups excluding carboxylic acids is 2. The third kappa shape index (κ3) is 2.98. The predicted octanol–water partition coefficient (Wildman–Crippen LogP) is 4.43. The van der Waals surface area contributed by atoms with Crippen LogP contribution in [0.5, 0.6) is 5.75 Å². The van der Waals surface area contributed by atoms with Crippen LogP contribution in [0.2, 0.25) is 0 Å². The molecule has 158 valence electrons. The van der Waals surface area contributed by atoms with Gasteiger partial charge in [0.05, 0.1) is 18.7 Å². The van der Waals surface area contributed by atoms with Gasteiger partial charge in [0.2, 0.25) is 0 Å². The van der Waals surface area contributed by atoms with E-state index in [1.807, 2.05) is 54.6 Å². The SMILES string of the molecule is COc1ccccc1C1([C@H]2CCCN2c2ccc3ccccc3n2)SC(=O)N(C)C1=O. The van der Waals surface area contributed by atoms with Gasteiger partial charge in [0.1, 0.15) is 11.6 Å². The zero-order chi connectivity index (χ0) is 21.6. The standard InChI is InChI=1S/C24H23N3O3S/c1-26-22(28)24(31-23(26)29,17-9-4-6-11-19(17)30-2)20-12-7-15-27(20)21-14-13-16-8-3-5-10-18(16)25-21/h3-6,8-11,13-14,20H,7,12,15H2,1-2H3/t20-,24?/m1/s1. The molecule has 2 amide bonds. The maximum Gasteiger partial charge on any atom is 0.289 e. The Morgan fingerprint density at radius 3 is 2.61 bits per heavy atom. The molecule has 0 radical (unpaired) electrons. The van der Waals surface area contributed by atoms with Gasteiger partial charge in [-0.3, -0.25) is 14.5 Å². The van der Waals surface area contributed by atoms with Crippen LogP contribution in [0.1, 0.15) is 18.4 Å². The summed E-state index contributed by atoms with van der Waals surface area (Å²) in [7, 11) is 3.15. The van der Waals surface area contributed by atoms with Crippen molar-refractivity contribution in [3.8, 4) is 5.75 Å². The Balaban J connectivity index is 1.67. The van der Waals surface area contributed by atoms with Gasteiger partial charge in [0, 0.05) is 24.5 Å². The average Bonchev–Trinajstić information content (AvgIpc) is 3.39. The Morgan fingerprint density at radius 2 is 1.84 bits per heavy atom. The molecular weight excluding hydrogens is 410 g/mol. The molecule has 0 spiro atoms. The lowest BCUT2D eigenvalue weighted by Gasteiger charge is -2.38. The quantitative estimate of drug-likeness (QED) is 0.606. The van der Waals surface area contributed by atoms with Gasteiger partial charge < -0.3 is 9.64 Å². The lowest BCUT2D eigenvalue weighted by molar-refractivity contribution is -0.129. The Bertz CT molecular complexity index is 1180. The minimum atomic E-state index is -1.08. The number of likely N-dealkylation sites (N-methyl/N-ethyl adjacent to an activating group) is 1. The van der Waals surface area contributed by atoms with Crippen molar-refractivity contribution in [2.24, 2.45) is 0 Å². The molecule has 2 atom stereocenters. The number of ether oxygens (including phenoxy) is 1. The number of rotatable bonds is 4. The van der Waals surface area contributed by atoms with Gasteiger partial charge in [-0.05, 0) is 48.9 Å². The number of benzene rings is 2. The van der Waals surface area contributed by atoms with E-state index in [-0.39, 0.29) is 17.2 Å². The van der Waals surface area contributed by atoms with Gasteiger partial charge in [0.25, 0.3) is 11.1 Å².